The molecule has 0 saturated carbocycles. The van der Waals surface area contributed by atoms with Gasteiger partial charge in [-0.2, -0.15) is 0 Å². The maximum Gasteiger partial charge on any atom is 0.323 e. The zero-order chi connectivity index (χ0) is 15.0. The first-order valence-electron chi connectivity index (χ1n) is 6.44. The summed E-state index contributed by atoms with van der Waals surface area (Å²) in [6.07, 6.45) is 1.95. The first kappa shape index (κ1) is 15.8. The normalized spacial score (nSPS) is 10.1. The highest BCUT2D eigenvalue weighted by Gasteiger charge is 2.14. The van der Waals surface area contributed by atoms with Gasteiger partial charge < -0.3 is 19.8 Å². The van der Waals surface area contributed by atoms with Crippen molar-refractivity contribution < 1.29 is 24.5 Å². The van der Waals surface area contributed by atoms with Crippen molar-refractivity contribution in [1.82, 2.24) is 0 Å². The molecular formula is C14H19NO5. The summed E-state index contributed by atoms with van der Waals surface area (Å²) in [6, 6.07) is 6.80. The Hall–Kier alpha value is -2.24. The Kier molecular flexibility index (Phi) is 6.36. The maximum absolute atomic E-state index is 10.8. The molecule has 0 amide bonds. The summed E-state index contributed by atoms with van der Waals surface area (Å²) >= 11 is 0. The number of ether oxygens (including phenoxy) is 1. The molecule has 1 aromatic rings. The van der Waals surface area contributed by atoms with E-state index in [4.69, 9.17) is 14.9 Å². The van der Waals surface area contributed by atoms with Gasteiger partial charge in [-0.05, 0) is 18.6 Å². The van der Waals surface area contributed by atoms with Crippen LogP contribution < -0.4 is 9.64 Å². The van der Waals surface area contributed by atoms with Crippen molar-refractivity contribution >= 4 is 17.6 Å². The monoisotopic (exact) mass is 281 g/mol. The standard InChI is InChI=1S/C14H19NO5/c1-2-3-7-20-12-6-4-5-11(8-12)15(9-13(16)17)10-14(18)19/h4-6,8H,2-3,7,9-10H2,1H3,(H,16,17)(H,18,19). The molecular weight excluding hydrogens is 262 g/mol. The quantitative estimate of drug-likeness (QED) is 0.672. The third-order valence-electron chi connectivity index (χ3n) is 2.60. The molecule has 0 aliphatic rings. The fraction of sp³-hybridized carbons (Fsp3) is 0.429. The van der Waals surface area contributed by atoms with Gasteiger partial charge in [0.2, 0.25) is 0 Å². The molecule has 20 heavy (non-hydrogen) atoms. The number of hydrogen-bond donors (Lipinski definition) is 2. The number of benzene rings is 1. The predicted molar refractivity (Wildman–Crippen MR) is 74.3 cm³/mol. The maximum atomic E-state index is 10.8. The average molecular weight is 281 g/mol. The Morgan fingerprint density at radius 1 is 1.20 bits per heavy atom. The van der Waals surface area contributed by atoms with Crippen LogP contribution in [-0.2, 0) is 9.59 Å². The van der Waals surface area contributed by atoms with E-state index in [1.54, 1.807) is 24.3 Å². The van der Waals surface area contributed by atoms with E-state index in [0.29, 0.717) is 18.0 Å². The first-order valence-corrected chi connectivity index (χ1v) is 6.44. The lowest BCUT2D eigenvalue weighted by atomic mass is 10.2. The first-order chi connectivity index (χ1) is 9.52. The Bertz CT molecular complexity index is 445. The molecule has 0 radical (unpaired) electrons. The summed E-state index contributed by atoms with van der Waals surface area (Å²) in [7, 11) is 0. The second kappa shape index (κ2) is 8.04. The van der Waals surface area contributed by atoms with E-state index in [-0.39, 0.29) is 13.1 Å². The minimum Gasteiger partial charge on any atom is -0.494 e. The van der Waals surface area contributed by atoms with Crippen LogP contribution in [0.5, 0.6) is 5.75 Å². The Morgan fingerprint density at radius 3 is 2.40 bits per heavy atom. The summed E-state index contributed by atoms with van der Waals surface area (Å²) in [5.41, 5.74) is 0.517. The third-order valence-corrected chi connectivity index (χ3v) is 2.60. The smallest absolute Gasteiger partial charge is 0.323 e. The van der Waals surface area contributed by atoms with Gasteiger partial charge in [-0.1, -0.05) is 19.4 Å². The zero-order valence-electron chi connectivity index (χ0n) is 11.4. The molecule has 0 heterocycles. The molecule has 6 nitrogen and oxygen atoms in total. The van der Waals surface area contributed by atoms with E-state index in [9.17, 15) is 9.59 Å². The van der Waals surface area contributed by atoms with Gasteiger partial charge in [-0.15, -0.1) is 0 Å². The van der Waals surface area contributed by atoms with E-state index in [0.717, 1.165) is 12.8 Å². The highest BCUT2D eigenvalue weighted by Crippen LogP contribution is 2.21. The number of nitrogens with zero attached hydrogens (tertiary/aromatic N) is 1. The van der Waals surface area contributed by atoms with Crippen LogP contribution in [0.4, 0.5) is 5.69 Å². The number of carbonyl (C=O) groups is 2. The van der Waals surface area contributed by atoms with Crippen molar-refractivity contribution in [1.29, 1.82) is 0 Å². The van der Waals surface area contributed by atoms with Crippen molar-refractivity contribution in [2.75, 3.05) is 24.6 Å². The third kappa shape index (κ3) is 5.60. The Labute approximate surface area is 117 Å². The summed E-state index contributed by atoms with van der Waals surface area (Å²) in [6.45, 7) is 1.90. The number of carboxylic acid groups (broad SMARTS) is 2. The van der Waals surface area contributed by atoms with Crippen LogP contribution in [0.15, 0.2) is 24.3 Å². The molecule has 0 fully saturated rings. The van der Waals surface area contributed by atoms with Crippen LogP contribution in [0.1, 0.15) is 19.8 Å². The highest BCUT2D eigenvalue weighted by atomic mass is 16.5. The number of unbranched alkanes of at least 4 members (excludes halogenated alkanes) is 1. The lowest BCUT2D eigenvalue weighted by molar-refractivity contribution is -0.136. The van der Waals surface area contributed by atoms with Gasteiger partial charge in [-0.25, -0.2) is 0 Å². The summed E-state index contributed by atoms with van der Waals surface area (Å²) in [5.74, 6) is -1.55. The molecule has 1 rings (SSSR count). The average Bonchev–Trinajstić information content (AvgIpc) is 2.37. The number of hydrogen-bond acceptors (Lipinski definition) is 4. The molecule has 0 atom stereocenters. The van der Waals surface area contributed by atoms with Gasteiger partial charge in [-0.3, -0.25) is 9.59 Å². The summed E-state index contributed by atoms with van der Waals surface area (Å²) in [5, 5.41) is 17.7. The van der Waals surface area contributed by atoms with E-state index in [1.165, 1.54) is 4.90 Å². The largest absolute Gasteiger partial charge is 0.494 e. The topological polar surface area (TPSA) is 87.1 Å². The van der Waals surface area contributed by atoms with Gasteiger partial charge in [0.15, 0.2) is 0 Å². The van der Waals surface area contributed by atoms with Crippen molar-refractivity contribution in [2.45, 2.75) is 19.8 Å². The van der Waals surface area contributed by atoms with Gasteiger partial charge in [0.05, 0.1) is 6.61 Å². The second-order valence-corrected chi connectivity index (χ2v) is 4.34. The molecule has 0 unspecified atom stereocenters. The fourth-order valence-corrected chi connectivity index (χ4v) is 1.67. The van der Waals surface area contributed by atoms with Gasteiger partial charge in [0, 0.05) is 11.8 Å². The van der Waals surface area contributed by atoms with Gasteiger partial charge in [0.25, 0.3) is 0 Å². The van der Waals surface area contributed by atoms with Crippen molar-refractivity contribution in [3.8, 4) is 5.75 Å². The molecule has 6 heteroatoms. The van der Waals surface area contributed by atoms with Crippen molar-refractivity contribution in [2.24, 2.45) is 0 Å². The van der Waals surface area contributed by atoms with Gasteiger partial charge in [0.1, 0.15) is 18.8 Å². The molecule has 1 aromatic carbocycles. The van der Waals surface area contributed by atoms with Crippen molar-refractivity contribution in [3.63, 3.8) is 0 Å². The molecule has 0 aromatic heterocycles. The lowest BCUT2D eigenvalue weighted by Crippen LogP contribution is -2.34. The predicted octanol–water partition coefficient (Wildman–Crippen LogP) is 1.84. The van der Waals surface area contributed by atoms with Gasteiger partial charge >= 0.3 is 11.9 Å². The van der Waals surface area contributed by atoms with E-state index < -0.39 is 11.9 Å². The molecule has 0 bridgehead atoms. The Balaban J connectivity index is 2.81. The molecule has 0 aliphatic heterocycles. The lowest BCUT2D eigenvalue weighted by Gasteiger charge is -2.21. The number of carboxylic acids is 2. The molecule has 110 valence electrons. The second-order valence-electron chi connectivity index (χ2n) is 4.34. The number of aliphatic carboxylic acids is 2. The summed E-state index contributed by atoms with van der Waals surface area (Å²) in [4.78, 5) is 22.9. The van der Waals surface area contributed by atoms with Crippen LogP contribution in [-0.4, -0.2) is 41.8 Å². The van der Waals surface area contributed by atoms with Crippen LogP contribution in [0.2, 0.25) is 0 Å². The fourth-order valence-electron chi connectivity index (χ4n) is 1.67. The number of anilines is 1. The number of rotatable bonds is 9. The van der Waals surface area contributed by atoms with E-state index in [2.05, 4.69) is 6.92 Å². The highest BCUT2D eigenvalue weighted by molar-refractivity contribution is 5.79. The van der Waals surface area contributed by atoms with E-state index in [1.807, 2.05) is 0 Å². The molecule has 2 N–H and O–H groups in total. The SMILES string of the molecule is CCCCOc1cccc(N(CC(=O)O)CC(=O)O)c1. The molecule has 0 spiro atoms. The van der Waals surface area contributed by atoms with Crippen LogP contribution in [0, 0.1) is 0 Å². The minimum absolute atomic E-state index is 0.370. The van der Waals surface area contributed by atoms with Crippen molar-refractivity contribution in [3.05, 3.63) is 24.3 Å². The van der Waals surface area contributed by atoms with Crippen LogP contribution in [0.3, 0.4) is 0 Å². The molecule has 0 saturated heterocycles. The van der Waals surface area contributed by atoms with Crippen LogP contribution >= 0.6 is 0 Å². The van der Waals surface area contributed by atoms with E-state index >= 15 is 0 Å². The Morgan fingerprint density at radius 2 is 1.85 bits per heavy atom. The molecule has 0 aliphatic carbocycles. The zero-order valence-corrected chi connectivity index (χ0v) is 11.4. The summed E-state index contributed by atoms with van der Waals surface area (Å²) < 4.78 is 5.53. The van der Waals surface area contributed by atoms with Crippen LogP contribution in [0.25, 0.3) is 0 Å². The minimum atomic E-state index is -1.08.